The summed E-state index contributed by atoms with van der Waals surface area (Å²) in [6, 6.07) is 12.7. The summed E-state index contributed by atoms with van der Waals surface area (Å²) >= 11 is 5.98. The van der Waals surface area contributed by atoms with Crippen LogP contribution in [-0.2, 0) is 16.1 Å². The van der Waals surface area contributed by atoms with E-state index >= 15 is 0 Å². The van der Waals surface area contributed by atoms with Gasteiger partial charge in [0, 0.05) is 17.1 Å². The van der Waals surface area contributed by atoms with E-state index in [1.807, 2.05) is 24.3 Å². The molecule has 0 fully saturated rings. The molecular weight excluding hydrogens is 368 g/mol. The molecule has 0 atom stereocenters. The first kappa shape index (κ1) is 17.4. The second-order valence-corrected chi connectivity index (χ2v) is 6.67. The molecule has 0 saturated carbocycles. The number of ether oxygens (including phenoxy) is 2. The fourth-order valence-corrected chi connectivity index (χ4v) is 3.26. The number of nitrogens with one attached hydrogen (secondary N) is 1. The lowest BCUT2D eigenvalue weighted by Gasteiger charge is -2.17. The van der Waals surface area contributed by atoms with E-state index < -0.39 is 5.97 Å². The van der Waals surface area contributed by atoms with Gasteiger partial charge in [-0.25, -0.2) is 9.59 Å². The molecule has 1 N–H and O–H groups in total. The molecule has 0 saturated heterocycles. The van der Waals surface area contributed by atoms with Gasteiger partial charge in [0.15, 0.2) is 0 Å². The topological polar surface area (TPSA) is 73.3 Å². The molecule has 2 aromatic carbocycles. The number of H-pyrrole nitrogens is 1. The summed E-state index contributed by atoms with van der Waals surface area (Å²) in [5.41, 5.74) is 2.66. The maximum absolute atomic E-state index is 12.3. The van der Waals surface area contributed by atoms with Crippen molar-refractivity contribution in [2.24, 2.45) is 0 Å². The first-order chi connectivity index (χ1) is 13.1. The van der Waals surface area contributed by atoms with Gasteiger partial charge in [-0.3, -0.25) is 4.57 Å². The van der Waals surface area contributed by atoms with E-state index in [-0.39, 0.29) is 18.9 Å². The standard InChI is InChI=1S/C20H17ClN2O4/c21-15-6-7-18-13(11-15)10-14(12-27-18)19(24)26-9-3-8-23-17-5-2-1-4-16(17)22-20(23)25/h1-2,4-7,10-11H,3,8-9,12H2,(H,22,25). The van der Waals surface area contributed by atoms with Crippen LogP contribution in [0.2, 0.25) is 5.02 Å². The minimum absolute atomic E-state index is 0.162. The van der Waals surface area contributed by atoms with E-state index in [1.165, 1.54) is 0 Å². The van der Waals surface area contributed by atoms with Crippen molar-refractivity contribution in [1.82, 2.24) is 9.55 Å². The van der Waals surface area contributed by atoms with Crippen LogP contribution in [0.15, 0.2) is 52.8 Å². The average Bonchev–Trinajstić information content (AvgIpc) is 2.99. The Labute approximate surface area is 160 Å². The third kappa shape index (κ3) is 3.61. The lowest BCUT2D eigenvalue weighted by Crippen LogP contribution is -2.20. The number of nitrogens with zero attached hydrogens (tertiary/aromatic N) is 1. The first-order valence-corrected chi connectivity index (χ1v) is 8.97. The van der Waals surface area contributed by atoms with Crippen molar-refractivity contribution < 1.29 is 14.3 Å². The van der Waals surface area contributed by atoms with E-state index in [4.69, 9.17) is 21.1 Å². The number of para-hydroxylation sites is 2. The van der Waals surface area contributed by atoms with Gasteiger partial charge in [-0.1, -0.05) is 23.7 Å². The predicted octanol–water partition coefficient (Wildman–Crippen LogP) is 3.39. The number of hydrogen-bond acceptors (Lipinski definition) is 4. The SMILES string of the molecule is O=C(OCCCn1c(=O)[nH]c2ccccc21)C1=Cc2cc(Cl)ccc2OC1. The number of carbonyl (C=O) groups excluding carboxylic acids is 1. The summed E-state index contributed by atoms with van der Waals surface area (Å²) < 4.78 is 12.5. The number of hydrogen-bond donors (Lipinski definition) is 1. The molecule has 138 valence electrons. The highest BCUT2D eigenvalue weighted by molar-refractivity contribution is 6.30. The number of aromatic amines is 1. The van der Waals surface area contributed by atoms with Crippen molar-refractivity contribution in [1.29, 1.82) is 0 Å². The Morgan fingerprint density at radius 2 is 2.11 bits per heavy atom. The minimum Gasteiger partial charge on any atom is -0.488 e. The van der Waals surface area contributed by atoms with E-state index in [0.29, 0.717) is 29.3 Å². The molecule has 3 aromatic rings. The number of carbonyl (C=O) groups is 1. The van der Waals surface area contributed by atoms with Gasteiger partial charge in [0.25, 0.3) is 0 Å². The summed E-state index contributed by atoms with van der Waals surface area (Å²) in [7, 11) is 0. The molecule has 6 nitrogen and oxygen atoms in total. The number of rotatable bonds is 5. The summed E-state index contributed by atoms with van der Waals surface area (Å²) in [4.78, 5) is 27.1. The van der Waals surface area contributed by atoms with Crippen LogP contribution in [0.5, 0.6) is 5.75 Å². The molecule has 0 unspecified atom stereocenters. The second kappa shape index (κ2) is 7.32. The zero-order chi connectivity index (χ0) is 18.8. The van der Waals surface area contributed by atoms with Gasteiger partial charge in [0.2, 0.25) is 0 Å². The number of benzene rings is 2. The van der Waals surface area contributed by atoms with Gasteiger partial charge in [0.1, 0.15) is 12.4 Å². The van der Waals surface area contributed by atoms with Gasteiger partial charge < -0.3 is 14.5 Å². The number of esters is 1. The van der Waals surface area contributed by atoms with Gasteiger partial charge in [0.05, 0.1) is 23.2 Å². The Morgan fingerprint density at radius 3 is 3.00 bits per heavy atom. The summed E-state index contributed by atoms with van der Waals surface area (Å²) in [5, 5.41) is 0.576. The molecule has 2 heterocycles. The van der Waals surface area contributed by atoms with Crippen molar-refractivity contribution in [2.45, 2.75) is 13.0 Å². The highest BCUT2D eigenvalue weighted by atomic mass is 35.5. The molecule has 0 amide bonds. The van der Waals surface area contributed by atoms with E-state index in [1.54, 1.807) is 28.8 Å². The highest BCUT2D eigenvalue weighted by Crippen LogP contribution is 2.29. The van der Waals surface area contributed by atoms with Crippen molar-refractivity contribution in [3.05, 3.63) is 69.1 Å². The zero-order valence-corrected chi connectivity index (χ0v) is 15.2. The van der Waals surface area contributed by atoms with Crippen LogP contribution in [0, 0.1) is 0 Å². The van der Waals surface area contributed by atoms with E-state index in [0.717, 1.165) is 16.6 Å². The average molecular weight is 385 g/mol. The van der Waals surface area contributed by atoms with Crippen molar-refractivity contribution in [3.63, 3.8) is 0 Å². The zero-order valence-electron chi connectivity index (χ0n) is 14.4. The van der Waals surface area contributed by atoms with Crippen LogP contribution in [-0.4, -0.2) is 28.7 Å². The van der Waals surface area contributed by atoms with Gasteiger partial charge in [-0.05, 0) is 42.8 Å². The third-order valence-electron chi connectivity index (χ3n) is 4.39. The van der Waals surface area contributed by atoms with Crippen molar-refractivity contribution in [3.8, 4) is 5.75 Å². The van der Waals surface area contributed by atoms with Gasteiger partial charge in [-0.15, -0.1) is 0 Å². The number of fused-ring (bicyclic) bond motifs is 2. The number of aryl methyl sites for hydroxylation is 1. The van der Waals surface area contributed by atoms with Crippen LogP contribution >= 0.6 is 11.6 Å². The lowest BCUT2D eigenvalue weighted by atomic mass is 10.1. The van der Waals surface area contributed by atoms with Gasteiger partial charge >= 0.3 is 11.7 Å². The predicted molar refractivity (Wildman–Crippen MR) is 103 cm³/mol. The molecule has 7 heteroatoms. The van der Waals surface area contributed by atoms with Crippen LogP contribution in [0.4, 0.5) is 0 Å². The third-order valence-corrected chi connectivity index (χ3v) is 4.62. The maximum atomic E-state index is 12.3. The van der Waals surface area contributed by atoms with Crippen molar-refractivity contribution >= 4 is 34.7 Å². The molecule has 27 heavy (non-hydrogen) atoms. The van der Waals surface area contributed by atoms with Crippen LogP contribution < -0.4 is 10.4 Å². The fourth-order valence-electron chi connectivity index (χ4n) is 3.08. The minimum atomic E-state index is -0.424. The Bertz CT molecular complexity index is 1100. The largest absolute Gasteiger partial charge is 0.488 e. The Balaban J connectivity index is 1.36. The molecule has 1 aliphatic rings. The lowest BCUT2D eigenvalue weighted by molar-refractivity contribution is -0.139. The molecule has 1 aromatic heterocycles. The normalized spacial score (nSPS) is 13.0. The molecular formula is C20H17ClN2O4. The summed E-state index contributed by atoms with van der Waals surface area (Å²) in [6.07, 6.45) is 2.27. The molecule has 0 radical (unpaired) electrons. The molecule has 0 bridgehead atoms. The Kier molecular flexibility index (Phi) is 4.73. The fraction of sp³-hybridized carbons (Fsp3) is 0.200. The smallest absolute Gasteiger partial charge is 0.337 e. The molecule has 1 aliphatic heterocycles. The summed E-state index contributed by atoms with van der Waals surface area (Å²) in [6.45, 7) is 0.837. The van der Waals surface area contributed by atoms with Crippen LogP contribution in [0.1, 0.15) is 12.0 Å². The summed E-state index contributed by atoms with van der Waals surface area (Å²) in [5.74, 6) is 0.265. The number of aromatic nitrogens is 2. The molecule has 0 spiro atoms. The molecule has 4 rings (SSSR count). The van der Waals surface area contributed by atoms with Gasteiger partial charge in [-0.2, -0.15) is 0 Å². The highest BCUT2D eigenvalue weighted by Gasteiger charge is 2.18. The maximum Gasteiger partial charge on any atom is 0.337 e. The Morgan fingerprint density at radius 1 is 1.26 bits per heavy atom. The molecule has 0 aliphatic carbocycles. The number of imidazole rings is 1. The van der Waals surface area contributed by atoms with Crippen LogP contribution in [0.3, 0.4) is 0 Å². The monoisotopic (exact) mass is 384 g/mol. The quantitative estimate of drug-likeness (QED) is 0.540. The van der Waals surface area contributed by atoms with E-state index in [2.05, 4.69) is 4.98 Å². The second-order valence-electron chi connectivity index (χ2n) is 6.23. The number of halogens is 1. The first-order valence-electron chi connectivity index (χ1n) is 8.59. The Hall–Kier alpha value is -2.99. The van der Waals surface area contributed by atoms with E-state index in [9.17, 15) is 9.59 Å². The van der Waals surface area contributed by atoms with Crippen LogP contribution in [0.25, 0.3) is 17.1 Å². The van der Waals surface area contributed by atoms with Crippen molar-refractivity contribution in [2.75, 3.05) is 13.2 Å².